The number of hydrogen-bond acceptors (Lipinski definition) is 4. The normalized spacial score (nSPS) is 19.1. The molecule has 1 saturated carbocycles. The molecule has 1 unspecified atom stereocenters. The number of nitrogens with one attached hydrogen (secondary N) is 1. The van der Waals surface area contributed by atoms with Gasteiger partial charge in [-0.2, -0.15) is 4.80 Å². The van der Waals surface area contributed by atoms with Crippen molar-refractivity contribution in [3.8, 4) is 0 Å². The standard InChI is InChI=1S/C11H21N5/c1-3-12-10(9-6-4-5-7-9)8-11-13-15-16(2)14-11/h9-10,12H,3-8H2,1-2H3. The van der Waals surface area contributed by atoms with E-state index in [-0.39, 0.29) is 0 Å². The molecular weight excluding hydrogens is 202 g/mol. The topological polar surface area (TPSA) is 55.6 Å². The van der Waals surface area contributed by atoms with E-state index in [9.17, 15) is 0 Å². The van der Waals surface area contributed by atoms with E-state index in [4.69, 9.17) is 0 Å². The number of likely N-dealkylation sites (N-methyl/N-ethyl adjacent to an activating group) is 1. The Labute approximate surface area is 96.6 Å². The van der Waals surface area contributed by atoms with Crippen molar-refractivity contribution in [2.24, 2.45) is 13.0 Å². The number of aryl methyl sites for hydroxylation is 1. The minimum absolute atomic E-state index is 0.525. The molecule has 2 rings (SSSR count). The van der Waals surface area contributed by atoms with Crippen molar-refractivity contribution in [3.63, 3.8) is 0 Å². The maximum absolute atomic E-state index is 4.26. The fourth-order valence-corrected chi connectivity index (χ4v) is 2.63. The van der Waals surface area contributed by atoms with Crippen molar-refractivity contribution in [2.45, 2.75) is 45.1 Å². The van der Waals surface area contributed by atoms with Gasteiger partial charge in [0.1, 0.15) is 0 Å². The largest absolute Gasteiger partial charge is 0.314 e. The van der Waals surface area contributed by atoms with Crippen LogP contribution in [0.5, 0.6) is 0 Å². The van der Waals surface area contributed by atoms with E-state index in [2.05, 4.69) is 27.7 Å². The lowest BCUT2D eigenvalue weighted by Crippen LogP contribution is -2.37. The zero-order valence-electron chi connectivity index (χ0n) is 10.2. The average Bonchev–Trinajstić information content (AvgIpc) is 2.88. The zero-order chi connectivity index (χ0) is 11.4. The summed E-state index contributed by atoms with van der Waals surface area (Å²) >= 11 is 0. The highest BCUT2D eigenvalue weighted by Gasteiger charge is 2.25. The predicted octanol–water partition coefficient (Wildman–Crippen LogP) is 0.921. The van der Waals surface area contributed by atoms with Crippen LogP contribution in [0.3, 0.4) is 0 Å². The molecule has 0 amide bonds. The lowest BCUT2D eigenvalue weighted by Gasteiger charge is -2.22. The Hall–Kier alpha value is -0.970. The van der Waals surface area contributed by atoms with Crippen molar-refractivity contribution in [1.82, 2.24) is 25.5 Å². The molecule has 90 valence electrons. The summed E-state index contributed by atoms with van der Waals surface area (Å²) in [6.07, 6.45) is 6.35. The minimum Gasteiger partial charge on any atom is -0.314 e. The van der Waals surface area contributed by atoms with Crippen molar-refractivity contribution >= 4 is 0 Å². The van der Waals surface area contributed by atoms with Crippen LogP contribution in [0.25, 0.3) is 0 Å². The summed E-state index contributed by atoms with van der Waals surface area (Å²) in [6, 6.07) is 0.525. The molecule has 0 aliphatic heterocycles. The van der Waals surface area contributed by atoms with Crippen LogP contribution in [0.15, 0.2) is 0 Å². The van der Waals surface area contributed by atoms with Gasteiger partial charge in [0.15, 0.2) is 5.82 Å². The Morgan fingerprint density at radius 3 is 2.75 bits per heavy atom. The van der Waals surface area contributed by atoms with Gasteiger partial charge in [0.2, 0.25) is 0 Å². The van der Waals surface area contributed by atoms with Gasteiger partial charge in [0.05, 0.1) is 7.05 Å². The summed E-state index contributed by atoms with van der Waals surface area (Å²) in [5.41, 5.74) is 0. The van der Waals surface area contributed by atoms with E-state index in [0.29, 0.717) is 6.04 Å². The second-order valence-corrected chi connectivity index (χ2v) is 4.61. The van der Waals surface area contributed by atoms with Gasteiger partial charge in [0, 0.05) is 12.5 Å². The summed E-state index contributed by atoms with van der Waals surface area (Å²) < 4.78 is 0. The molecule has 1 aromatic heterocycles. The Morgan fingerprint density at radius 2 is 2.19 bits per heavy atom. The maximum atomic E-state index is 4.26. The van der Waals surface area contributed by atoms with E-state index in [1.807, 2.05) is 7.05 Å². The quantitative estimate of drug-likeness (QED) is 0.806. The third kappa shape index (κ3) is 2.78. The van der Waals surface area contributed by atoms with Crippen LogP contribution >= 0.6 is 0 Å². The first-order chi connectivity index (χ1) is 7.79. The van der Waals surface area contributed by atoms with Gasteiger partial charge in [-0.25, -0.2) is 0 Å². The number of aromatic nitrogens is 4. The van der Waals surface area contributed by atoms with Gasteiger partial charge in [-0.1, -0.05) is 19.8 Å². The van der Waals surface area contributed by atoms with Gasteiger partial charge in [-0.15, -0.1) is 10.2 Å². The lowest BCUT2D eigenvalue weighted by atomic mass is 9.95. The van der Waals surface area contributed by atoms with E-state index in [1.165, 1.54) is 30.5 Å². The summed E-state index contributed by atoms with van der Waals surface area (Å²) in [5.74, 6) is 1.66. The zero-order valence-corrected chi connectivity index (χ0v) is 10.2. The lowest BCUT2D eigenvalue weighted by molar-refractivity contribution is 0.357. The van der Waals surface area contributed by atoms with Crippen LogP contribution in [0.4, 0.5) is 0 Å². The first kappa shape index (κ1) is 11.5. The fraction of sp³-hybridized carbons (Fsp3) is 0.909. The molecule has 0 saturated heterocycles. The van der Waals surface area contributed by atoms with Gasteiger partial charge in [0.25, 0.3) is 0 Å². The predicted molar refractivity (Wildman–Crippen MR) is 61.9 cm³/mol. The second-order valence-electron chi connectivity index (χ2n) is 4.61. The van der Waals surface area contributed by atoms with Crippen molar-refractivity contribution < 1.29 is 0 Å². The number of rotatable bonds is 5. The van der Waals surface area contributed by atoms with E-state index in [1.54, 1.807) is 0 Å². The first-order valence-electron chi connectivity index (χ1n) is 6.26. The Bertz CT molecular complexity index is 316. The molecule has 1 N–H and O–H groups in total. The molecule has 1 aliphatic carbocycles. The van der Waals surface area contributed by atoms with Crippen LogP contribution in [0, 0.1) is 5.92 Å². The molecule has 1 aliphatic rings. The summed E-state index contributed by atoms with van der Waals surface area (Å²) in [7, 11) is 1.81. The molecule has 1 fully saturated rings. The summed E-state index contributed by atoms with van der Waals surface area (Å²) in [6.45, 7) is 3.17. The molecule has 5 nitrogen and oxygen atoms in total. The van der Waals surface area contributed by atoms with Gasteiger partial charge in [-0.05, 0) is 30.5 Å². The minimum atomic E-state index is 0.525. The smallest absolute Gasteiger partial charge is 0.176 e. The fourth-order valence-electron chi connectivity index (χ4n) is 2.63. The molecule has 1 atom stereocenters. The maximum Gasteiger partial charge on any atom is 0.176 e. The molecule has 0 bridgehead atoms. The SMILES string of the molecule is CCNC(Cc1nnn(C)n1)C1CCCC1. The number of nitrogens with zero attached hydrogens (tertiary/aromatic N) is 4. The van der Waals surface area contributed by atoms with Gasteiger partial charge >= 0.3 is 0 Å². The molecule has 0 spiro atoms. The highest BCUT2D eigenvalue weighted by Crippen LogP contribution is 2.28. The Kier molecular flexibility index (Phi) is 3.88. The number of tetrazole rings is 1. The molecule has 0 aromatic carbocycles. The summed E-state index contributed by atoms with van der Waals surface area (Å²) in [5, 5.41) is 15.8. The van der Waals surface area contributed by atoms with Crippen molar-refractivity contribution in [3.05, 3.63) is 5.82 Å². The van der Waals surface area contributed by atoms with E-state index < -0.39 is 0 Å². The van der Waals surface area contributed by atoms with E-state index in [0.717, 1.165) is 24.7 Å². The van der Waals surface area contributed by atoms with Crippen LogP contribution in [0.1, 0.15) is 38.4 Å². The highest BCUT2D eigenvalue weighted by atomic mass is 15.6. The second kappa shape index (κ2) is 5.39. The monoisotopic (exact) mass is 223 g/mol. The molecule has 16 heavy (non-hydrogen) atoms. The first-order valence-corrected chi connectivity index (χ1v) is 6.26. The van der Waals surface area contributed by atoms with Crippen LogP contribution in [0.2, 0.25) is 0 Å². The van der Waals surface area contributed by atoms with Crippen LogP contribution < -0.4 is 5.32 Å². The third-order valence-corrected chi connectivity index (χ3v) is 3.39. The number of hydrogen-bond donors (Lipinski definition) is 1. The van der Waals surface area contributed by atoms with Gasteiger partial charge < -0.3 is 5.32 Å². The molecular formula is C11H21N5. The van der Waals surface area contributed by atoms with Crippen LogP contribution in [-0.4, -0.2) is 32.8 Å². The van der Waals surface area contributed by atoms with Crippen LogP contribution in [-0.2, 0) is 13.5 Å². The molecule has 5 heteroatoms. The van der Waals surface area contributed by atoms with Crippen molar-refractivity contribution in [2.75, 3.05) is 6.54 Å². The Balaban J connectivity index is 1.96. The third-order valence-electron chi connectivity index (χ3n) is 3.39. The van der Waals surface area contributed by atoms with E-state index >= 15 is 0 Å². The Morgan fingerprint density at radius 1 is 1.44 bits per heavy atom. The highest BCUT2D eigenvalue weighted by molar-refractivity contribution is 4.89. The average molecular weight is 223 g/mol. The van der Waals surface area contributed by atoms with Crippen molar-refractivity contribution in [1.29, 1.82) is 0 Å². The molecule has 0 radical (unpaired) electrons. The molecule has 1 heterocycles. The van der Waals surface area contributed by atoms with Gasteiger partial charge in [-0.3, -0.25) is 0 Å². The molecule has 1 aromatic rings. The summed E-state index contributed by atoms with van der Waals surface area (Å²) in [4.78, 5) is 1.53.